The quantitative estimate of drug-likeness (QED) is 0.666. The molecule has 0 fully saturated rings. The molecule has 106 valence electrons. The van der Waals surface area contributed by atoms with Crippen molar-refractivity contribution in [2.75, 3.05) is 13.2 Å². The van der Waals surface area contributed by atoms with E-state index < -0.39 is 0 Å². The normalized spacial score (nSPS) is 11.3. The number of hydrogen-bond acceptors (Lipinski definition) is 3. The standard InChI is InChI=1S/C15H24N2O2/c1-3-15(4-2,12-18)17-11-14(19)16-10-13-8-6-5-7-9-13/h5-9,17-18H,3-4,10-12H2,1-2H3,(H,16,19). The fraction of sp³-hybridized carbons (Fsp3) is 0.533. The fourth-order valence-corrected chi connectivity index (χ4v) is 1.91. The molecule has 0 heterocycles. The average molecular weight is 264 g/mol. The second kappa shape index (κ2) is 7.92. The number of rotatable bonds is 8. The molecule has 4 heteroatoms. The molecule has 19 heavy (non-hydrogen) atoms. The van der Waals surface area contributed by atoms with Crippen molar-refractivity contribution in [2.45, 2.75) is 38.8 Å². The minimum Gasteiger partial charge on any atom is -0.394 e. The van der Waals surface area contributed by atoms with Gasteiger partial charge in [-0.05, 0) is 18.4 Å². The largest absolute Gasteiger partial charge is 0.394 e. The maximum Gasteiger partial charge on any atom is 0.234 e. The fourth-order valence-electron chi connectivity index (χ4n) is 1.91. The van der Waals surface area contributed by atoms with E-state index in [4.69, 9.17) is 0 Å². The first-order valence-corrected chi connectivity index (χ1v) is 6.82. The molecule has 0 bridgehead atoms. The molecule has 0 atom stereocenters. The Morgan fingerprint density at radius 3 is 2.37 bits per heavy atom. The predicted molar refractivity (Wildman–Crippen MR) is 76.7 cm³/mol. The molecule has 0 spiro atoms. The smallest absolute Gasteiger partial charge is 0.234 e. The highest BCUT2D eigenvalue weighted by Gasteiger charge is 2.24. The van der Waals surface area contributed by atoms with Gasteiger partial charge in [0, 0.05) is 12.1 Å². The minimum absolute atomic E-state index is 0.0476. The van der Waals surface area contributed by atoms with E-state index in [1.165, 1.54) is 0 Å². The topological polar surface area (TPSA) is 61.4 Å². The Morgan fingerprint density at radius 2 is 1.84 bits per heavy atom. The molecule has 0 aliphatic heterocycles. The van der Waals surface area contributed by atoms with Gasteiger partial charge in [0.25, 0.3) is 0 Å². The molecular formula is C15H24N2O2. The van der Waals surface area contributed by atoms with Crippen LogP contribution in [0, 0.1) is 0 Å². The van der Waals surface area contributed by atoms with Crippen LogP contribution in [0.4, 0.5) is 0 Å². The van der Waals surface area contributed by atoms with Crippen molar-refractivity contribution in [3.63, 3.8) is 0 Å². The van der Waals surface area contributed by atoms with Gasteiger partial charge in [-0.15, -0.1) is 0 Å². The van der Waals surface area contributed by atoms with Gasteiger partial charge in [-0.25, -0.2) is 0 Å². The van der Waals surface area contributed by atoms with Crippen LogP contribution in [-0.4, -0.2) is 29.7 Å². The highest BCUT2D eigenvalue weighted by molar-refractivity contribution is 5.78. The summed E-state index contributed by atoms with van der Waals surface area (Å²) in [5.74, 6) is -0.0522. The highest BCUT2D eigenvalue weighted by atomic mass is 16.3. The number of carbonyl (C=O) groups excluding carboxylic acids is 1. The van der Waals surface area contributed by atoms with E-state index in [0.29, 0.717) is 6.54 Å². The zero-order valence-electron chi connectivity index (χ0n) is 11.8. The van der Waals surface area contributed by atoms with Crippen LogP contribution in [0.15, 0.2) is 30.3 Å². The Kier molecular flexibility index (Phi) is 6.53. The Labute approximate surface area is 115 Å². The van der Waals surface area contributed by atoms with Crippen molar-refractivity contribution in [2.24, 2.45) is 0 Å². The summed E-state index contributed by atoms with van der Waals surface area (Å²) < 4.78 is 0. The first kappa shape index (κ1) is 15.7. The molecule has 0 unspecified atom stereocenters. The van der Waals surface area contributed by atoms with Gasteiger partial charge in [0.05, 0.1) is 13.2 Å². The molecule has 0 aromatic heterocycles. The number of aliphatic hydroxyl groups excluding tert-OH is 1. The van der Waals surface area contributed by atoms with E-state index in [0.717, 1.165) is 18.4 Å². The SMILES string of the molecule is CCC(CC)(CO)NCC(=O)NCc1ccccc1. The lowest BCUT2D eigenvalue weighted by Crippen LogP contribution is -2.51. The molecule has 1 amide bonds. The van der Waals surface area contributed by atoms with E-state index in [1.807, 2.05) is 44.2 Å². The number of amides is 1. The monoisotopic (exact) mass is 264 g/mol. The number of aliphatic hydroxyl groups is 1. The molecule has 4 nitrogen and oxygen atoms in total. The first-order valence-electron chi connectivity index (χ1n) is 6.82. The summed E-state index contributed by atoms with van der Waals surface area (Å²) in [7, 11) is 0. The van der Waals surface area contributed by atoms with Gasteiger partial charge in [-0.3, -0.25) is 4.79 Å². The predicted octanol–water partition coefficient (Wildman–Crippen LogP) is 1.44. The zero-order chi connectivity index (χ0) is 14.1. The molecule has 1 aromatic rings. The van der Waals surface area contributed by atoms with Gasteiger partial charge < -0.3 is 15.7 Å². The molecule has 0 radical (unpaired) electrons. The lowest BCUT2D eigenvalue weighted by atomic mass is 9.94. The summed E-state index contributed by atoms with van der Waals surface area (Å²) in [6.07, 6.45) is 1.60. The van der Waals surface area contributed by atoms with Crippen LogP contribution in [0.25, 0.3) is 0 Å². The highest BCUT2D eigenvalue weighted by Crippen LogP contribution is 2.13. The lowest BCUT2D eigenvalue weighted by Gasteiger charge is -2.30. The van der Waals surface area contributed by atoms with Crippen LogP contribution < -0.4 is 10.6 Å². The number of benzene rings is 1. The van der Waals surface area contributed by atoms with E-state index in [1.54, 1.807) is 0 Å². The van der Waals surface area contributed by atoms with E-state index in [2.05, 4.69) is 10.6 Å². The van der Waals surface area contributed by atoms with Crippen molar-refractivity contribution in [1.82, 2.24) is 10.6 Å². The van der Waals surface area contributed by atoms with Crippen molar-refractivity contribution >= 4 is 5.91 Å². The third kappa shape index (κ3) is 5.01. The van der Waals surface area contributed by atoms with Crippen LogP contribution in [0.1, 0.15) is 32.3 Å². The minimum atomic E-state index is -0.343. The number of hydrogen-bond donors (Lipinski definition) is 3. The molecule has 1 aromatic carbocycles. The first-order chi connectivity index (χ1) is 9.15. The third-order valence-corrected chi connectivity index (χ3v) is 3.61. The molecule has 3 N–H and O–H groups in total. The third-order valence-electron chi connectivity index (χ3n) is 3.61. The Hall–Kier alpha value is -1.39. The molecule has 0 aliphatic rings. The van der Waals surface area contributed by atoms with Crippen LogP contribution in [0.5, 0.6) is 0 Å². The van der Waals surface area contributed by atoms with Crippen LogP contribution in [-0.2, 0) is 11.3 Å². The summed E-state index contributed by atoms with van der Waals surface area (Å²) in [6.45, 7) is 4.83. The van der Waals surface area contributed by atoms with Crippen molar-refractivity contribution in [3.8, 4) is 0 Å². The zero-order valence-corrected chi connectivity index (χ0v) is 11.8. The van der Waals surface area contributed by atoms with Crippen LogP contribution in [0.2, 0.25) is 0 Å². The van der Waals surface area contributed by atoms with Crippen molar-refractivity contribution < 1.29 is 9.90 Å². The van der Waals surface area contributed by atoms with Crippen molar-refractivity contribution in [1.29, 1.82) is 0 Å². The van der Waals surface area contributed by atoms with Gasteiger partial charge >= 0.3 is 0 Å². The van der Waals surface area contributed by atoms with Gasteiger partial charge in [0.1, 0.15) is 0 Å². The molecule has 0 saturated carbocycles. The molecule has 1 rings (SSSR count). The molecule has 0 aliphatic carbocycles. The summed E-state index contributed by atoms with van der Waals surface area (Å²) in [5.41, 5.74) is 0.736. The van der Waals surface area contributed by atoms with Crippen LogP contribution >= 0.6 is 0 Å². The summed E-state index contributed by atoms with van der Waals surface area (Å²) in [6, 6.07) is 9.80. The van der Waals surface area contributed by atoms with Gasteiger partial charge in [-0.2, -0.15) is 0 Å². The Morgan fingerprint density at radius 1 is 1.21 bits per heavy atom. The van der Waals surface area contributed by atoms with Gasteiger partial charge in [-0.1, -0.05) is 44.2 Å². The van der Waals surface area contributed by atoms with E-state index in [-0.39, 0.29) is 24.6 Å². The van der Waals surface area contributed by atoms with Gasteiger partial charge in [0.15, 0.2) is 0 Å². The second-order valence-corrected chi connectivity index (χ2v) is 4.76. The number of carbonyl (C=O) groups is 1. The van der Waals surface area contributed by atoms with Crippen molar-refractivity contribution in [3.05, 3.63) is 35.9 Å². The van der Waals surface area contributed by atoms with Crippen LogP contribution in [0.3, 0.4) is 0 Å². The Bertz CT molecular complexity index is 367. The maximum absolute atomic E-state index is 11.8. The summed E-state index contributed by atoms with van der Waals surface area (Å²) >= 11 is 0. The van der Waals surface area contributed by atoms with E-state index >= 15 is 0 Å². The second-order valence-electron chi connectivity index (χ2n) is 4.76. The summed E-state index contributed by atoms with van der Waals surface area (Å²) in [4.78, 5) is 11.8. The summed E-state index contributed by atoms with van der Waals surface area (Å²) in [5, 5.41) is 15.4. The van der Waals surface area contributed by atoms with E-state index in [9.17, 15) is 9.90 Å². The van der Waals surface area contributed by atoms with Gasteiger partial charge in [0.2, 0.25) is 5.91 Å². The Balaban J connectivity index is 2.35. The number of nitrogens with one attached hydrogen (secondary N) is 2. The average Bonchev–Trinajstić information content (AvgIpc) is 2.48. The maximum atomic E-state index is 11.8. The molecular weight excluding hydrogens is 240 g/mol. The molecule has 0 saturated heterocycles. The lowest BCUT2D eigenvalue weighted by molar-refractivity contribution is -0.120.